The van der Waals surface area contributed by atoms with Crippen LogP contribution in [0, 0.1) is 0 Å². The van der Waals surface area contributed by atoms with Gasteiger partial charge in [-0.2, -0.15) is 18.3 Å². The van der Waals surface area contributed by atoms with Gasteiger partial charge in [-0.05, 0) is 35.2 Å². The van der Waals surface area contributed by atoms with Gasteiger partial charge >= 0.3 is 6.18 Å². The SMILES string of the molecule is FC(F)(F)c1cnn([C@H]2CC[C@@]3(CNc4ncc(Br)c(Cl)c43)C2)c1. The van der Waals surface area contributed by atoms with Gasteiger partial charge in [-0.25, -0.2) is 4.98 Å². The van der Waals surface area contributed by atoms with Gasteiger partial charge < -0.3 is 5.32 Å². The molecule has 2 aromatic rings. The number of pyridine rings is 1. The zero-order valence-corrected chi connectivity index (χ0v) is 14.7. The number of hydrogen-bond donors (Lipinski definition) is 1. The molecule has 0 amide bonds. The highest BCUT2D eigenvalue weighted by molar-refractivity contribution is 9.10. The van der Waals surface area contributed by atoms with Crippen LogP contribution in [0.5, 0.6) is 0 Å². The number of hydrogen-bond acceptors (Lipinski definition) is 3. The first-order valence-electron chi connectivity index (χ1n) is 7.50. The summed E-state index contributed by atoms with van der Waals surface area (Å²) in [5.74, 6) is 0.764. The molecule has 128 valence electrons. The molecule has 4 rings (SSSR count). The molecule has 2 aliphatic rings. The summed E-state index contributed by atoms with van der Waals surface area (Å²) in [5, 5.41) is 7.84. The fourth-order valence-corrected chi connectivity index (χ4v) is 4.46. The zero-order chi connectivity index (χ0) is 17.1. The van der Waals surface area contributed by atoms with E-state index in [2.05, 4.69) is 31.3 Å². The van der Waals surface area contributed by atoms with Crippen molar-refractivity contribution in [3.05, 3.63) is 39.2 Å². The number of fused-ring (bicyclic) bond motifs is 2. The predicted molar refractivity (Wildman–Crippen MR) is 87.2 cm³/mol. The van der Waals surface area contributed by atoms with Crippen LogP contribution in [0.25, 0.3) is 0 Å². The molecule has 9 heteroatoms. The molecular formula is C15H13BrClF3N4. The number of anilines is 1. The van der Waals surface area contributed by atoms with E-state index < -0.39 is 11.7 Å². The first-order chi connectivity index (χ1) is 11.3. The van der Waals surface area contributed by atoms with Crippen molar-refractivity contribution in [2.24, 2.45) is 0 Å². The molecule has 0 aromatic carbocycles. The van der Waals surface area contributed by atoms with Gasteiger partial charge in [0, 0.05) is 29.9 Å². The van der Waals surface area contributed by atoms with Gasteiger partial charge in [0.15, 0.2) is 0 Å². The van der Waals surface area contributed by atoms with Crippen LogP contribution in [0.1, 0.15) is 36.4 Å². The Morgan fingerprint density at radius 2 is 2.17 bits per heavy atom. The van der Waals surface area contributed by atoms with Crippen molar-refractivity contribution < 1.29 is 13.2 Å². The minimum Gasteiger partial charge on any atom is -0.369 e. The molecule has 0 radical (unpaired) electrons. The third-order valence-electron chi connectivity index (χ3n) is 4.98. The van der Waals surface area contributed by atoms with Gasteiger partial charge in [-0.1, -0.05) is 11.6 Å². The molecular weight excluding hydrogens is 409 g/mol. The summed E-state index contributed by atoms with van der Waals surface area (Å²) in [5.41, 5.74) is 0.0400. The van der Waals surface area contributed by atoms with E-state index in [0.29, 0.717) is 18.0 Å². The molecule has 1 aliphatic carbocycles. The number of halogens is 5. The van der Waals surface area contributed by atoms with Crippen molar-refractivity contribution in [2.75, 3.05) is 11.9 Å². The van der Waals surface area contributed by atoms with E-state index in [9.17, 15) is 13.2 Å². The Morgan fingerprint density at radius 1 is 1.38 bits per heavy atom. The molecule has 1 saturated carbocycles. The quantitative estimate of drug-likeness (QED) is 0.719. The number of nitrogens with zero attached hydrogens (tertiary/aromatic N) is 3. The highest BCUT2D eigenvalue weighted by atomic mass is 79.9. The molecule has 0 bridgehead atoms. The Bertz CT molecular complexity index is 807. The lowest BCUT2D eigenvalue weighted by molar-refractivity contribution is -0.137. The molecule has 2 atom stereocenters. The van der Waals surface area contributed by atoms with E-state index >= 15 is 0 Å². The molecule has 0 saturated heterocycles. The number of aromatic nitrogens is 3. The molecule has 1 fully saturated rings. The second-order valence-electron chi connectivity index (χ2n) is 6.38. The van der Waals surface area contributed by atoms with Crippen LogP contribution in [0.15, 0.2) is 23.1 Å². The smallest absolute Gasteiger partial charge is 0.369 e. The summed E-state index contributed by atoms with van der Waals surface area (Å²) in [6.07, 6.45) is 1.53. The van der Waals surface area contributed by atoms with Gasteiger partial charge in [0.2, 0.25) is 0 Å². The first-order valence-corrected chi connectivity index (χ1v) is 8.67. The maximum absolute atomic E-state index is 12.8. The van der Waals surface area contributed by atoms with E-state index in [-0.39, 0.29) is 11.5 Å². The topological polar surface area (TPSA) is 42.7 Å². The van der Waals surface area contributed by atoms with Crippen LogP contribution in [-0.2, 0) is 11.6 Å². The molecule has 0 unspecified atom stereocenters. The van der Waals surface area contributed by atoms with Gasteiger partial charge in [0.25, 0.3) is 0 Å². The summed E-state index contributed by atoms with van der Waals surface area (Å²) in [4.78, 5) is 4.36. The fourth-order valence-electron chi connectivity index (χ4n) is 3.82. The van der Waals surface area contributed by atoms with Gasteiger partial charge in [0.1, 0.15) is 5.82 Å². The van der Waals surface area contributed by atoms with E-state index in [1.807, 2.05) is 0 Å². The average molecular weight is 422 g/mol. The number of alkyl halides is 3. The summed E-state index contributed by atoms with van der Waals surface area (Å²) in [7, 11) is 0. The molecule has 2 aromatic heterocycles. The highest BCUT2D eigenvalue weighted by Crippen LogP contribution is 2.54. The minimum absolute atomic E-state index is 0.0797. The number of rotatable bonds is 1. The fraction of sp³-hybridized carbons (Fsp3) is 0.467. The lowest BCUT2D eigenvalue weighted by atomic mass is 9.81. The van der Waals surface area contributed by atoms with Gasteiger partial charge in [0.05, 0.1) is 27.3 Å². The van der Waals surface area contributed by atoms with Gasteiger partial charge in [-0.15, -0.1) is 0 Å². The van der Waals surface area contributed by atoms with Crippen LogP contribution in [-0.4, -0.2) is 21.3 Å². The van der Waals surface area contributed by atoms with Crippen molar-refractivity contribution in [3.8, 4) is 0 Å². The summed E-state index contributed by atoms with van der Waals surface area (Å²) >= 11 is 9.87. The second kappa shape index (κ2) is 5.36. The third-order valence-corrected chi connectivity index (χ3v) is 6.21. The van der Waals surface area contributed by atoms with Crippen molar-refractivity contribution in [2.45, 2.75) is 36.9 Å². The van der Waals surface area contributed by atoms with Crippen molar-refractivity contribution in [3.63, 3.8) is 0 Å². The maximum Gasteiger partial charge on any atom is 0.419 e. The van der Waals surface area contributed by atoms with Crippen molar-refractivity contribution in [1.29, 1.82) is 0 Å². The Hall–Kier alpha value is -1.28. The molecule has 1 spiro atoms. The van der Waals surface area contributed by atoms with E-state index in [1.54, 1.807) is 6.20 Å². The summed E-state index contributed by atoms with van der Waals surface area (Å²) in [6.45, 7) is 0.690. The first kappa shape index (κ1) is 16.2. The Labute approximate surface area is 149 Å². The summed E-state index contributed by atoms with van der Waals surface area (Å²) < 4.78 is 40.5. The lowest BCUT2D eigenvalue weighted by Crippen LogP contribution is -2.26. The van der Waals surface area contributed by atoms with E-state index in [0.717, 1.165) is 41.1 Å². The zero-order valence-electron chi connectivity index (χ0n) is 12.4. The molecule has 4 nitrogen and oxygen atoms in total. The molecule has 1 N–H and O–H groups in total. The van der Waals surface area contributed by atoms with Crippen LogP contribution < -0.4 is 5.32 Å². The lowest BCUT2D eigenvalue weighted by Gasteiger charge is -2.24. The predicted octanol–water partition coefficient (Wildman–Crippen LogP) is 4.80. The van der Waals surface area contributed by atoms with Crippen LogP contribution in [0.2, 0.25) is 5.02 Å². The number of nitrogens with one attached hydrogen (secondary N) is 1. The Balaban J connectivity index is 1.65. The molecule has 3 heterocycles. The normalized spacial score (nSPS) is 26.0. The summed E-state index contributed by atoms with van der Waals surface area (Å²) in [6, 6.07) is -0.0797. The minimum atomic E-state index is -4.37. The molecule has 1 aliphatic heterocycles. The Kier molecular flexibility index (Phi) is 3.62. The van der Waals surface area contributed by atoms with Crippen molar-refractivity contribution in [1.82, 2.24) is 14.8 Å². The highest BCUT2D eigenvalue weighted by Gasteiger charge is 2.48. The van der Waals surface area contributed by atoms with Crippen molar-refractivity contribution >= 4 is 33.3 Å². The van der Waals surface area contributed by atoms with Gasteiger partial charge in [-0.3, -0.25) is 4.68 Å². The van der Waals surface area contributed by atoms with Crippen LogP contribution in [0.3, 0.4) is 0 Å². The van der Waals surface area contributed by atoms with Crippen LogP contribution >= 0.6 is 27.5 Å². The maximum atomic E-state index is 12.8. The third kappa shape index (κ3) is 2.42. The average Bonchev–Trinajstić information content (AvgIpc) is 3.22. The Morgan fingerprint density at radius 3 is 2.88 bits per heavy atom. The van der Waals surface area contributed by atoms with E-state index in [1.165, 1.54) is 4.68 Å². The van der Waals surface area contributed by atoms with E-state index in [4.69, 9.17) is 11.6 Å². The largest absolute Gasteiger partial charge is 0.419 e. The standard InChI is InChI=1S/C15H13BrClF3N4/c16-10-5-21-13-11(12(10)17)14(7-22-13)2-1-9(3-14)24-6-8(4-23-24)15(18,19)20/h4-6,9H,1-3,7H2,(H,21,22)/t9-,14-/m0/s1. The van der Waals surface area contributed by atoms with Crippen LogP contribution in [0.4, 0.5) is 19.0 Å². The second-order valence-corrected chi connectivity index (χ2v) is 7.61. The molecule has 24 heavy (non-hydrogen) atoms. The monoisotopic (exact) mass is 420 g/mol.